The van der Waals surface area contributed by atoms with Gasteiger partial charge in [-0.1, -0.05) is 55.9 Å². The average Bonchev–Trinajstić information content (AvgIpc) is 3.29. The molecule has 5 aliphatic rings. The summed E-state index contributed by atoms with van der Waals surface area (Å²) in [6.07, 6.45) is 11.4. The van der Waals surface area contributed by atoms with Crippen LogP contribution < -0.4 is 0 Å². The molecule has 3 saturated heterocycles. The first-order valence-electron chi connectivity index (χ1n) is 15.9. The maximum Gasteiger partial charge on any atom is 0.316 e. The lowest BCUT2D eigenvalue weighted by atomic mass is 9.70. The van der Waals surface area contributed by atoms with Gasteiger partial charge in [0.25, 0.3) is 0 Å². The first-order valence-corrected chi connectivity index (χ1v) is 15.9. The zero-order chi connectivity index (χ0) is 31.1. The highest BCUT2D eigenvalue weighted by Gasteiger charge is 2.61. The third-order valence-electron chi connectivity index (χ3n) is 10.1. The largest absolute Gasteiger partial charge is 0.462 e. The molecule has 0 unspecified atom stereocenters. The molecule has 0 amide bonds. The molecule has 0 radical (unpaired) electrons. The summed E-state index contributed by atoms with van der Waals surface area (Å²) in [7, 11) is 1.59. The quantitative estimate of drug-likeness (QED) is 0.334. The lowest BCUT2D eigenvalue weighted by molar-refractivity contribution is -0.363. The fraction of sp³-hybridized carbons (Fsp3) is 0.686. The Morgan fingerprint density at radius 1 is 1.16 bits per heavy atom. The molecule has 0 saturated carbocycles. The first-order chi connectivity index (χ1) is 20.4. The minimum atomic E-state index is -1.62. The van der Waals surface area contributed by atoms with Crippen LogP contribution in [0.25, 0.3) is 0 Å². The number of rotatable bonds is 2. The van der Waals surface area contributed by atoms with Gasteiger partial charge in [0.1, 0.15) is 35.9 Å². The number of allylic oxidation sites excluding steroid dienone is 5. The summed E-state index contributed by atoms with van der Waals surface area (Å²) in [5.41, 5.74) is 2.12. The van der Waals surface area contributed by atoms with Gasteiger partial charge in [0.2, 0.25) is 0 Å². The number of ether oxygens (including phenoxy) is 5. The molecule has 8 nitrogen and oxygen atoms in total. The van der Waals surface area contributed by atoms with Gasteiger partial charge in [0.15, 0.2) is 5.79 Å². The van der Waals surface area contributed by atoms with E-state index in [0.29, 0.717) is 24.8 Å². The van der Waals surface area contributed by atoms with Crippen molar-refractivity contribution in [3.8, 4) is 0 Å². The minimum absolute atomic E-state index is 0.104. The van der Waals surface area contributed by atoms with E-state index in [-0.39, 0.29) is 37.1 Å². The Balaban J connectivity index is 1.54. The molecule has 4 aliphatic heterocycles. The number of hydrogen-bond donors (Lipinski definition) is 2. The van der Waals surface area contributed by atoms with Gasteiger partial charge in [-0.15, -0.1) is 0 Å². The van der Waals surface area contributed by atoms with Crippen molar-refractivity contribution in [2.75, 3.05) is 13.7 Å². The van der Waals surface area contributed by atoms with Gasteiger partial charge in [-0.2, -0.15) is 0 Å². The maximum atomic E-state index is 14.1. The molecular formula is C35H50O8. The molecule has 0 aromatic carbocycles. The average molecular weight is 599 g/mol. The molecule has 3 fully saturated rings. The van der Waals surface area contributed by atoms with Crippen LogP contribution in [0.15, 0.2) is 58.7 Å². The summed E-state index contributed by atoms with van der Waals surface area (Å²) >= 11 is 0. The molecule has 43 heavy (non-hydrogen) atoms. The van der Waals surface area contributed by atoms with Crippen LogP contribution in [0.2, 0.25) is 0 Å². The first kappa shape index (κ1) is 32.3. The minimum Gasteiger partial charge on any atom is -0.462 e. The molecule has 5 rings (SSSR count). The molecule has 0 aromatic heterocycles. The van der Waals surface area contributed by atoms with Crippen LogP contribution in [-0.4, -0.2) is 77.9 Å². The van der Waals surface area contributed by atoms with E-state index in [1.807, 2.05) is 39.0 Å². The maximum absolute atomic E-state index is 14.1. The van der Waals surface area contributed by atoms with E-state index < -0.39 is 47.7 Å². The van der Waals surface area contributed by atoms with E-state index in [0.717, 1.165) is 17.6 Å². The number of aliphatic hydroxyl groups is 2. The second-order valence-corrected chi connectivity index (χ2v) is 13.5. The molecular weight excluding hydrogens is 548 g/mol. The summed E-state index contributed by atoms with van der Waals surface area (Å²) in [5, 5.41) is 23.8. The van der Waals surface area contributed by atoms with Crippen molar-refractivity contribution in [3.05, 3.63) is 58.7 Å². The monoisotopic (exact) mass is 598 g/mol. The van der Waals surface area contributed by atoms with Crippen molar-refractivity contribution in [1.29, 1.82) is 0 Å². The highest BCUT2D eigenvalue weighted by Crippen LogP contribution is 2.48. The second-order valence-electron chi connectivity index (χ2n) is 13.5. The van der Waals surface area contributed by atoms with Gasteiger partial charge in [0.05, 0.1) is 18.8 Å². The summed E-state index contributed by atoms with van der Waals surface area (Å²) < 4.78 is 31.4. The Kier molecular flexibility index (Phi) is 9.58. The Bertz CT molecular complexity index is 1210. The van der Waals surface area contributed by atoms with Crippen molar-refractivity contribution in [2.45, 2.75) is 122 Å². The van der Waals surface area contributed by atoms with Crippen molar-refractivity contribution in [1.82, 2.24) is 0 Å². The normalized spacial score (nSPS) is 47.5. The van der Waals surface area contributed by atoms with Gasteiger partial charge in [-0.3, -0.25) is 4.79 Å². The van der Waals surface area contributed by atoms with E-state index in [1.165, 1.54) is 5.57 Å². The summed E-state index contributed by atoms with van der Waals surface area (Å²) in [4.78, 5) is 14.1. The molecule has 0 aromatic rings. The van der Waals surface area contributed by atoms with Crippen molar-refractivity contribution in [2.24, 2.45) is 17.8 Å². The Labute approximate surface area is 256 Å². The molecule has 2 bridgehead atoms. The summed E-state index contributed by atoms with van der Waals surface area (Å²) in [6, 6.07) is 0. The number of aliphatic hydroxyl groups excluding tert-OH is 1. The highest BCUT2D eigenvalue weighted by atomic mass is 16.7. The van der Waals surface area contributed by atoms with Crippen LogP contribution in [0.5, 0.6) is 0 Å². The summed E-state index contributed by atoms with van der Waals surface area (Å²) in [6.45, 7) is 12.4. The van der Waals surface area contributed by atoms with E-state index in [2.05, 4.69) is 32.9 Å². The molecule has 238 valence electrons. The van der Waals surface area contributed by atoms with Gasteiger partial charge in [-0.05, 0) is 75.5 Å². The SMILES string of the molecule is C/C=C(\C)[C@H]1O[C@@]2(C[C@@H]3C[C@@H](C/C=C(\C)C[C@@H](C)/C=C/C=C4\CO[C@@H]5[C@H](OC)C(C)=C[C@@H](C(=O)O3)[C@]45O)O2)[C@H](O)C[C@@H]1C. The van der Waals surface area contributed by atoms with Gasteiger partial charge in [0, 0.05) is 20.0 Å². The molecule has 4 heterocycles. The van der Waals surface area contributed by atoms with Crippen LogP contribution in [0.3, 0.4) is 0 Å². The zero-order valence-electron chi connectivity index (χ0n) is 26.7. The van der Waals surface area contributed by atoms with Crippen LogP contribution in [-0.2, 0) is 28.5 Å². The van der Waals surface area contributed by atoms with Crippen molar-refractivity contribution < 1.29 is 38.7 Å². The fourth-order valence-corrected chi connectivity index (χ4v) is 7.72. The van der Waals surface area contributed by atoms with E-state index in [1.54, 1.807) is 13.2 Å². The van der Waals surface area contributed by atoms with Crippen LogP contribution in [0.1, 0.15) is 73.6 Å². The van der Waals surface area contributed by atoms with Crippen LogP contribution in [0, 0.1) is 17.8 Å². The number of carbonyl (C=O) groups excluding carboxylic acids is 1. The standard InChI is InChI=1S/C35H50O8/c1-8-22(4)30-24(6)16-29(36)34(43-30)18-27-17-26(42-34)13-12-21(3)14-20(2)10-9-11-25-19-40-32-31(39-7)23(5)15-28(33(37)41-27)35(25,32)38/h8-12,15,20,24,26-32,36,38H,13-14,16-19H2,1-7H3/b10-9+,21-12+,22-8+,25-11+/t20-,24-,26+,27-,28-,29+,30+,31+,32+,34-,35+/m0/s1. The number of esters is 1. The predicted molar refractivity (Wildman–Crippen MR) is 163 cm³/mol. The summed E-state index contributed by atoms with van der Waals surface area (Å²) in [5.74, 6) is -2.46. The zero-order valence-corrected chi connectivity index (χ0v) is 26.7. The lowest BCUT2D eigenvalue weighted by Crippen LogP contribution is -2.62. The fourth-order valence-electron chi connectivity index (χ4n) is 7.72. The number of hydrogen-bond acceptors (Lipinski definition) is 8. The van der Waals surface area contributed by atoms with E-state index in [4.69, 9.17) is 23.7 Å². The van der Waals surface area contributed by atoms with Gasteiger partial charge >= 0.3 is 5.97 Å². The third-order valence-corrected chi connectivity index (χ3v) is 10.1. The van der Waals surface area contributed by atoms with E-state index in [9.17, 15) is 15.0 Å². The van der Waals surface area contributed by atoms with Crippen molar-refractivity contribution in [3.63, 3.8) is 0 Å². The van der Waals surface area contributed by atoms with Gasteiger partial charge < -0.3 is 33.9 Å². The molecule has 1 spiro atoms. The predicted octanol–water partition coefficient (Wildman–Crippen LogP) is 5.11. The molecule has 1 aliphatic carbocycles. The van der Waals surface area contributed by atoms with Crippen LogP contribution in [0.4, 0.5) is 0 Å². The second kappa shape index (κ2) is 12.7. The molecule has 2 N–H and O–H groups in total. The Morgan fingerprint density at radius 3 is 2.65 bits per heavy atom. The number of carbonyl (C=O) groups is 1. The highest BCUT2D eigenvalue weighted by molar-refractivity contribution is 5.78. The lowest BCUT2D eigenvalue weighted by Gasteiger charge is -2.52. The van der Waals surface area contributed by atoms with Gasteiger partial charge in [-0.25, -0.2) is 0 Å². The smallest absolute Gasteiger partial charge is 0.316 e. The number of fused-ring (bicyclic) bond motifs is 2. The number of methoxy groups -OCH3 is 1. The van der Waals surface area contributed by atoms with Crippen LogP contribution >= 0.6 is 0 Å². The van der Waals surface area contributed by atoms with Crippen molar-refractivity contribution >= 4 is 5.97 Å². The van der Waals surface area contributed by atoms with E-state index >= 15 is 0 Å². The molecule has 8 heteroatoms. The topological polar surface area (TPSA) is 104 Å². The Hall–Kier alpha value is -2.07. The third kappa shape index (κ3) is 6.11. The molecule has 11 atom stereocenters. The Morgan fingerprint density at radius 2 is 1.93 bits per heavy atom.